The van der Waals surface area contributed by atoms with Gasteiger partial charge in [-0.2, -0.15) is 5.26 Å². The van der Waals surface area contributed by atoms with E-state index in [4.69, 9.17) is 11.2 Å². The highest BCUT2D eigenvalue weighted by Crippen LogP contribution is 2.37. The summed E-state index contributed by atoms with van der Waals surface area (Å²) in [4.78, 5) is 29.4. The van der Waals surface area contributed by atoms with E-state index in [1.54, 1.807) is 4.90 Å². The molecule has 34 heavy (non-hydrogen) atoms. The van der Waals surface area contributed by atoms with Crippen LogP contribution in [0.25, 0.3) is 0 Å². The molecule has 3 rings (SSSR count). The first-order valence-corrected chi connectivity index (χ1v) is 12.7. The number of nitrogens with zero attached hydrogens (tertiary/aromatic N) is 3. The molecule has 0 saturated carbocycles. The van der Waals surface area contributed by atoms with Crippen LogP contribution in [0.1, 0.15) is 18.9 Å². The lowest BCUT2D eigenvalue weighted by atomic mass is 10.1. The highest BCUT2D eigenvalue weighted by Gasteiger charge is 2.45. The Balaban J connectivity index is 1.51. The van der Waals surface area contributed by atoms with Gasteiger partial charge in [0.15, 0.2) is 5.92 Å². The van der Waals surface area contributed by atoms with E-state index in [2.05, 4.69) is 39.7 Å². The maximum absolute atomic E-state index is 12.9. The van der Waals surface area contributed by atoms with Crippen molar-refractivity contribution in [1.29, 1.82) is 5.26 Å². The fraction of sp³-hybridized carbons (Fsp3) is 0.560. The van der Waals surface area contributed by atoms with E-state index in [0.717, 1.165) is 45.0 Å². The minimum Gasteiger partial charge on any atom is -0.385 e. The van der Waals surface area contributed by atoms with Crippen molar-refractivity contribution in [3.05, 3.63) is 29.8 Å². The molecule has 3 atom stereocenters. The van der Waals surface area contributed by atoms with Gasteiger partial charge in [-0.15, -0.1) is 18.2 Å². The molecule has 2 heterocycles. The number of anilines is 1. The molecule has 1 aromatic carbocycles. The monoisotopic (exact) mass is 483 g/mol. The van der Waals surface area contributed by atoms with Crippen molar-refractivity contribution >= 4 is 29.3 Å². The van der Waals surface area contributed by atoms with Gasteiger partial charge in [-0.3, -0.25) is 14.5 Å². The molecule has 2 N–H and O–H groups in total. The number of hydrogen-bond donors (Lipinski definition) is 2. The molecule has 0 aliphatic carbocycles. The molecule has 0 radical (unpaired) electrons. The molecular weight excluding hydrogens is 450 g/mol. The maximum Gasteiger partial charge on any atom is 0.241 e. The number of hydrogen-bond acceptors (Lipinski definition) is 7. The summed E-state index contributed by atoms with van der Waals surface area (Å²) in [5.41, 5.74) is 2.30. The number of amides is 2. The first kappa shape index (κ1) is 25.9. The van der Waals surface area contributed by atoms with Gasteiger partial charge in [-0.1, -0.05) is 18.1 Å². The summed E-state index contributed by atoms with van der Waals surface area (Å²) in [5.74, 6) is 0.925. The van der Waals surface area contributed by atoms with Crippen LogP contribution >= 0.6 is 11.8 Å². The minimum atomic E-state index is -0.955. The van der Waals surface area contributed by atoms with Crippen LogP contribution in [0.4, 0.5) is 5.69 Å². The van der Waals surface area contributed by atoms with Gasteiger partial charge in [0.2, 0.25) is 11.8 Å². The summed E-state index contributed by atoms with van der Waals surface area (Å²) in [6, 6.07) is 10.4. The Labute approximate surface area is 206 Å². The third kappa shape index (κ3) is 6.89. The molecule has 9 heteroatoms. The predicted molar refractivity (Wildman–Crippen MR) is 134 cm³/mol. The van der Waals surface area contributed by atoms with Crippen LogP contribution < -0.4 is 10.6 Å². The Hall–Kier alpha value is -2.72. The van der Waals surface area contributed by atoms with E-state index in [9.17, 15) is 14.9 Å². The number of nitrogens with one attached hydrogen (secondary N) is 2. The molecule has 2 aliphatic rings. The molecule has 2 saturated heterocycles. The Kier molecular flexibility index (Phi) is 10.1. The number of benzene rings is 1. The Morgan fingerprint density at radius 1 is 1.38 bits per heavy atom. The van der Waals surface area contributed by atoms with Crippen LogP contribution in [-0.4, -0.2) is 84.7 Å². The highest BCUT2D eigenvalue weighted by atomic mass is 32.2. The number of morpholine rings is 1. The summed E-state index contributed by atoms with van der Waals surface area (Å²) in [6.45, 7) is 7.60. The summed E-state index contributed by atoms with van der Waals surface area (Å²) in [7, 11) is 0. The first-order chi connectivity index (χ1) is 16.6. The SMILES string of the molecule is C#CCNC(=O)C(C#N)C1SC(CCNc2cccc(CCN3CCOCC3)c2)C(=O)N1CC. The molecule has 1 aromatic rings. The van der Waals surface area contributed by atoms with Crippen molar-refractivity contribution in [1.82, 2.24) is 15.1 Å². The molecule has 3 unspecified atom stereocenters. The lowest BCUT2D eigenvalue weighted by Gasteiger charge is -2.26. The summed E-state index contributed by atoms with van der Waals surface area (Å²) in [5, 5.41) is 14.8. The highest BCUT2D eigenvalue weighted by molar-refractivity contribution is 8.01. The van der Waals surface area contributed by atoms with E-state index in [1.807, 2.05) is 19.1 Å². The third-order valence-corrected chi connectivity index (χ3v) is 7.64. The Morgan fingerprint density at radius 2 is 2.18 bits per heavy atom. The zero-order valence-corrected chi connectivity index (χ0v) is 20.5. The quantitative estimate of drug-likeness (QED) is 0.461. The zero-order valence-electron chi connectivity index (χ0n) is 19.7. The van der Waals surface area contributed by atoms with Crippen molar-refractivity contribution in [2.45, 2.75) is 30.4 Å². The van der Waals surface area contributed by atoms with E-state index < -0.39 is 17.2 Å². The summed E-state index contributed by atoms with van der Waals surface area (Å²) < 4.78 is 5.41. The topological polar surface area (TPSA) is 97.7 Å². The zero-order chi connectivity index (χ0) is 24.3. The van der Waals surface area contributed by atoms with Crippen molar-refractivity contribution in [2.75, 3.05) is 57.8 Å². The van der Waals surface area contributed by atoms with Crippen molar-refractivity contribution in [2.24, 2.45) is 5.92 Å². The minimum absolute atomic E-state index is 0.0245. The molecular formula is C25H33N5O3S. The Bertz CT molecular complexity index is 922. The average molecular weight is 484 g/mol. The molecule has 8 nitrogen and oxygen atoms in total. The lowest BCUT2D eigenvalue weighted by Crippen LogP contribution is -2.44. The largest absolute Gasteiger partial charge is 0.385 e. The van der Waals surface area contributed by atoms with Gasteiger partial charge in [0.05, 0.1) is 31.1 Å². The van der Waals surface area contributed by atoms with Crippen LogP contribution in [0.5, 0.6) is 0 Å². The van der Waals surface area contributed by atoms with Gasteiger partial charge in [0.25, 0.3) is 0 Å². The molecule has 0 bridgehead atoms. The normalized spacial score (nSPS) is 21.5. The number of carbonyl (C=O) groups is 2. The maximum atomic E-state index is 12.9. The fourth-order valence-electron chi connectivity index (χ4n) is 4.19. The van der Waals surface area contributed by atoms with Crippen molar-refractivity contribution in [3.8, 4) is 18.4 Å². The smallest absolute Gasteiger partial charge is 0.241 e. The molecule has 0 aromatic heterocycles. The van der Waals surface area contributed by atoms with E-state index in [1.165, 1.54) is 17.3 Å². The van der Waals surface area contributed by atoms with Crippen LogP contribution in [-0.2, 0) is 20.7 Å². The second-order valence-electron chi connectivity index (χ2n) is 8.29. The predicted octanol–water partition coefficient (Wildman–Crippen LogP) is 1.54. The number of ether oxygens (including phenoxy) is 1. The third-order valence-electron chi connectivity index (χ3n) is 6.06. The second kappa shape index (κ2) is 13.2. The number of nitriles is 1. The van der Waals surface area contributed by atoms with Gasteiger partial charge >= 0.3 is 0 Å². The summed E-state index contributed by atoms with van der Waals surface area (Å²) >= 11 is 1.39. The number of rotatable bonds is 11. The van der Waals surface area contributed by atoms with E-state index >= 15 is 0 Å². The van der Waals surface area contributed by atoms with Crippen LogP contribution in [0, 0.1) is 29.6 Å². The van der Waals surface area contributed by atoms with Gasteiger partial charge < -0.3 is 20.3 Å². The first-order valence-electron chi connectivity index (χ1n) is 11.8. The molecule has 2 aliphatic heterocycles. The second-order valence-corrected chi connectivity index (χ2v) is 9.61. The van der Waals surface area contributed by atoms with Gasteiger partial charge in [0, 0.05) is 38.4 Å². The Morgan fingerprint density at radius 3 is 2.88 bits per heavy atom. The molecule has 182 valence electrons. The van der Waals surface area contributed by atoms with Gasteiger partial charge in [-0.05, 0) is 37.5 Å². The number of thioether (sulfide) groups is 1. The van der Waals surface area contributed by atoms with Crippen molar-refractivity contribution in [3.63, 3.8) is 0 Å². The standard InChI is InChI=1S/C25H33N5O3S/c1-3-10-28-23(31)21(18-26)25-30(4-2)24(32)22(34-25)8-11-27-20-7-5-6-19(17-20)9-12-29-13-15-33-16-14-29/h1,5-7,17,21-22,25,27H,4,8-16H2,2H3,(H,28,31). The molecule has 0 spiro atoms. The van der Waals surface area contributed by atoms with E-state index in [0.29, 0.717) is 19.5 Å². The van der Waals surface area contributed by atoms with Gasteiger partial charge in [-0.25, -0.2) is 0 Å². The van der Waals surface area contributed by atoms with Crippen LogP contribution in [0.15, 0.2) is 24.3 Å². The fourth-order valence-corrected chi connectivity index (χ4v) is 5.78. The van der Waals surface area contributed by atoms with Crippen molar-refractivity contribution < 1.29 is 14.3 Å². The molecule has 2 fully saturated rings. The van der Waals surface area contributed by atoms with Crippen LogP contribution in [0.2, 0.25) is 0 Å². The summed E-state index contributed by atoms with van der Waals surface area (Å²) in [6.07, 6.45) is 6.79. The average Bonchev–Trinajstić information content (AvgIpc) is 3.17. The number of terminal acetylenes is 1. The molecule has 2 amide bonds. The lowest BCUT2D eigenvalue weighted by molar-refractivity contribution is -0.131. The van der Waals surface area contributed by atoms with Gasteiger partial charge in [0.1, 0.15) is 5.37 Å². The van der Waals surface area contributed by atoms with E-state index in [-0.39, 0.29) is 17.7 Å². The van der Waals surface area contributed by atoms with Crippen LogP contribution in [0.3, 0.4) is 0 Å². The number of carbonyl (C=O) groups excluding carboxylic acids is 2.